The Hall–Kier alpha value is -4.19. The van der Waals surface area contributed by atoms with Crippen molar-refractivity contribution in [1.82, 2.24) is 19.6 Å². The van der Waals surface area contributed by atoms with Gasteiger partial charge < -0.3 is 14.2 Å². The molecule has 0 fully saturated rings. The average Bonchev–Trinajstić information content (AvgIpc) is 3.31. The van der Waals surface area contributed by atoms with E-state index < -0.39 is 4.92 Å². The molecule has 4 aromatic rings. The van der Waals surface area contributed by atoms with Crippen LogP contribution in [0.5, 0.6) is 17.2 Å². The fourth-order valence-electron chi connectivity index (χ4n) is 4.36. The maximum Gasteiger partial charge on any atom is 0.269 e. The van der Waals surface area contributed by atoms with E-state index >= 15 is 0 Å². The number of non-ortho nitro benzene ring substituents is 1. The van der Waals surface area contributed by atoms with E-state index in [0.29, 0.717) is 58.0 Å². The van der Waals surface area contributed by atoms with Gasteiger partial charge in [0.2, 0.25) is 10.9 Å². The lowest BCUT2D eigenvalue weighted by atomic mass is 9.82. The number of nitro benzene ring substituents is 1. The Kier molecular flexibility index (Phi) is 6.66. The van der Waals surface area contributed by atoms with Gasteiger partial charge in [-0.1, -0.05) is 23.9 Å². The van der Waals surface area contributed by atoms with Crippen LogP contribution in [-0.4, -0.2) is 51.6 Å². The molecule has 0 amide bonds. The normalized spacial score (nSPS) is 14.9. The zero-order valence-corrected chi connectivity index (χ0v) is 21.2. The first-order valence-corrected chi connectivity index (χ1v) is 12.3. The highest BCUT2D eigenvalue weighted by Gasteiger charge is 2.30. The molecule has 190 valence electrons. The summed E-state index contributed by atoms with van der Waals surface area (Å²) >= 11 is 1.39. The van der Waals surface area contributed by atoms with E-state index in [1.165, 1.54) is 28.4 Å². The number of hydrogen-bond acceptors (Lipinski definition) is 10. The number of carbonyl (C=O) groups excluding carboxylic acids is 1. The van der Waals surface area contributed by atoms with Gasteiger partial charge in [0.05, 0.1) is 37.5 Å². The molecule has 12 heteroatoms. The number of fused-ring (bicyclic) bond motifs is 2. The molecule has 0 bridgehead atoms. The van der Waals surface area contributed by atoms with Crippen LogP contribution >= 0.6 is 11.8 Å². The number of ether oxygens (including phenoxy) is 3. The monoisotopic (exact) mass is 521 g/mol. The molecule has 0 spiro atoms. The molecule has 0 saturated carbocycles. The molecule has 0 aliphatic heterocycles. The number of carbonyl (C=O) groups is 1. The summed E-state index contributed by atoms with van der Waals surface area (Å²) in [5.41, 5.74) is 3.06. The average molecular weight is 522 g/mol. The minimum atomic E-state index is -0.429. The molecule has 37 heavy (non-hydrogen) atoms. The van der Waals surface area contributed by atoms with Crippen molar-refractivity contribution >= 4 is 29.0 Å². The zero-order chi connectivity index (χ0) is 26.1. The Bertz CT molecular complexity index is 1480. The minimum Gasteiger partial charge on any atom is -0.493 e. The summed E-state index contributed by atoms with van der Waals surface area (Å²) in [5, 5.41) is 15.8. The van der Waals surface area contributed by atoms with Gasteiger partial charge >= 0.3 is 0 Å². The molecule has 0 saturated heterocycles. The lowest BCUT2D eigenvalue weighted by Gasteiger charge is -2.24. The van der Waals surface area contributed by atoms with Crippen LogP contribution < -0.4 is 14.2 Å². The lowest BCUT2D eigenvalue weighted by molar-refractivity contribution is -0.384. The second-order valence-electron chi connectivity index (χ2n) is 8.44. The molecule has 0 unspecified atom stereocenters. The molecule has 5 rings (SSSR count). The molecule has 11 nitrogen and oxygen atoms in total. The number of benzene rings is 2. The number of methoxy groups -OCH3 is 3. The van der Waals surface area contributed by atoms with E-state index in [2.05, 4.69) is 15.1 Å². The SMILES string of the molecule is COc1cc([C@@H]2CC(=O)c3cn4nc(SCc5ccc([N+](=O)[O-])cc5)nc4nc3C2)cc(OC)c1OC. The third kappa shape index (κ3) is 4.79. The van der Waals surface area contributed by atoms with Crippen LogP contribution in [0.2, 0.25) is 0 Å². The molecular formula is C25H23N5O6S. The quantitative estimate of drug-likeness (QED) is 0.188. The van der Waals surface area contributed by atoms with Gasteiger partial charge in [0.15, 0.2) is 17.3 Å². The maximum absolute atomic E-state index is 13.1. The number of thioether (sulfide) groups is 1. The van der Waals surface area contributed by atoms with Crippen molar-refractivity contribution in [3.05, 3.63) is 75.1 Å². The Balaban J connectivity index is 1.38. The molecule has 0 N–H and O–H groups in total. The van der Waals surface area contributed by atoms with Crippen molar-refractivity contribution in [3.63, 3.8) is 0 Å². The number of Topliss-reactive ketones (excluding diaryl/α,β-unsaturated/α-hetero) is 1. The first kappa shape index (κ1) is 24.5. The van der Waals surface area contributed by atoms with E-state index in [-0.39, 0.29) is 17.4 Å². The molecule has 2 heterocycles. The van der Waals surface area contributed by atoms with Crippen LogP contribution in [0.25, 0.3) is 5.78 Å². The van der Waals surface area contributed by atoms with Crippen LogP contribution in [0.15, 0.2) is 47.8 Å². The molecule has 1 aliphatic carbocycles. The molecule has 1 aliphatic rings. The van der Waals surface area contributed by atoms with Crippen LogP contribution in [-0.2, 0) is 12.2 Å². The van der Waals surface area contributed by atoms with Crippen molar-refractivity contribution < 1.29 is 23.9 Å². The van der Waals surface area contributed by atoms with E-state index in [4.69, 9.17) is 14.2 Å². The van der Waals surface area contributed by atoms with Gasteiger partial charge in [-0.3, -0.25) is 14.9 Å². The fraction of sp³-hybridized carbons (Fsp3) is 0.280. The summed E-state index contributed by atoms with van der Waals surface area (Å²) < 4.78 is 17.9. The van der Waals surface area contributed by atoms with Crippen molar-refractivity contribution in [2.24, 2.45) is 0 Å². The topological polar surface area (TPSA) is 131 Å². The molecule has 2 aromatic heterocycles. The van der Waals surface area contributed by atoms with Crippen molar-refractivity contribution in [1.29, 1.82) is 0 Å². The molecule has 0 radical (unpaired) electrons. The minimum absolute atomic E-state index is 0.0232. The van der Waals surface area contributed by atoms with Gasteiger partial charge in [-0.15, -0.1) is 5.10 Å². The van der Waals surface area contributed by atoms with Gasteiger partial charge in [-0.25, -0.2) is 9.50 Å². The summed E-state index contributed by atoms with van der Waals surface area (Å²) in [6, 6.07) is 10.1. The maximum atomic E-state index is 13.1. The van der Waals surface area contributed by atoms with Gasteiger partial charge in [-0.2, -0.15) is 4.98 Å². The second kappa shape index (κ2) is 10.1. The highest BCUT2D eigenvalue weighted by molar-refractivity contribution is 7.98. The Labute approximate surface area is 215 Å². The number of rotatable bonds is 8. The first-order valence-electron chi connectivity index (χ1n) is 11.4. The standard InChI is InChI=1S/C25H23N5O6S/c1-34-21-10-16(11-22(35-2)23(21)36-3)15-8-19-18(20(31)9-15)12-29-24(26-19)27-25(28-29)37-13-14-4-6-17(7-5-14)30(32)33/h4-7,10-12,15H,8-9,13H2,1-3H3/t15-/m0/s1. The Morgan fingerprint density at radius 3 is 2.38 bits per heavy atom. The summed E-state index contributed by atoms with van der Waals surface area (Å²) in [5.74, 6) is 2.38. The van der Waals surface area contributed by atoms with E-state index in [1.807, 2.05) is 12.1 Å². The number of ketones is 1. The predicted molar refractivity (Wildman–Crippen MR) is 135 cm³/mol. The molecule has 1 atom stereocenters. The summed E-state index contributed by atoms with van der Waals surface area (Å²) in [7, 11) is 4.67. The predicted octanol–water partition coefficient (Wildman–Crippen LogP) is 4.26. The third-order valence-corrected chi connectivity index (χ3v) is 7.15. The van der Waals surface area contributed by atoms with Crippen LogP contribution in [0.4, 0.5) is 5.69 Å². The zero-order valence-electron chi connectivity index (χ0n) is 20.3. The van der Waals surface area contributed by atoms with E-state index in [1.54, 1.807) is 39.7 Å². The first-order chi connectivity index (χ1) is 17.9. The Morgan fingerprint density at radius 2 is 1.76 bits per heavy atom. The highest BCUT2D eigenvalue weighted by Crippen LogP contribution is 2.42. The summed E-state index contributed by atoms with van der Waals surface area (Å²) in [4.78, 5) is 32.7. The largest absolute Gasteiger partial charge is 0.493 e. The third-order valence-electron chi connectivity index (χ3n) is 6.24. The highest BCUT2D eigenvalue weighted by atomic mass is 32.2. The van der Waals surface area contributed by atoms with Crippen molar-refractivity contribution in [2.75, 3.05) is 21.3 Å². The van der Waals surface area contributed by atoms with Crippen LogP contribution in [0.1, 0.15) is 39.5 Å². The summed E-state index contributed by atoms with van der Waals surface area (Å²) in [6.07, 6.45) is 2.55. The molecule has 2 aromatic carbocycles. The van der Waals surface area contributed by atoms with Crippen molar-refractivity contribution in [2.45, 2.75) is 29.7 Å². The van der Waals surface area contributed by atoms with E-state index in [0.717, 1.165) is 11.1 Å². The van der Waals surface area contributed by atoms with Gasteiger partial charge in [0, 0.05) is 30.5 Å². The Morgan fingerprint density at radius 1 is 1.05 bits per heavy atom. The van der Waals surface area contributed by atoms with Crippen LogP contribution in [0, 0.1) is 10.1 Å². The number of aromatic nitrogens is 4. The van der Waals surface area contributed by atoms with Crippen molar-refractivity contribution in [3.8, 4) is 17.2 Å². The van der Waals surface area contributed by atoms with Crippen LogP contribution in [0.3, 0.4) is 0 Å². The number of hydrogen-bond donors (Lipinski definition) is 0. The van der Waals surface area contributed by atoms with E-state index in [9.17, 15) is 14.9 Å². The number of nitrogens with zero attached hydrogens (tertiary/aromatic N) is 5. The van der Waals surface area contributed by atoms with Gasteiger partial charge in [0.1, 0.15) is 0 Å². The second-order valence-corrected chi connectivity index (χ2v) is 9.38. The van der Waals surface area contributed by atoms with Gasteiger partial charge in [-0.05, 0) is 35.6 Å². The van der Waals surface area contributed by atoms with Gasteiger partial charge in [0.25, 0.3) is 11.5 Å². The lowest BCUT2D eigenvalue weighted by Crippen LogP contribution is -2.21. The summed E-state index contributed by atoms with van der Waals surface area (Å²) in [6.45, 7) is 0. The fourth-order valence-corrected chi connectivity index (χ4v) is 5.14. The smallest absolute Gasteiger partial charge is 0.269 e. The molecular weight excluding hydrogens is 498 g/mol. The number of nitro groups is 1.